The van der Waals surface area contributed by atoms with Crippen LogP contribution in [-0.2, 0) is 0 Å². The van der Waals surface area contributed by atoms with E-state index in [1.54, 1.807) is 0 Å². The van der Waals surface area contributed by atoms with Gasteiger partial charge in [-0.2, -0.15) is 0 Å². The highest BCUT2D eigenvalue weighted by molar-refractivity contribution is 5.49. The summed E-state index contributed by atoms with van der Waals surface area (Å²) in [5.41, 5.74) is 1.29. The fraction of sp³-hybridized carbons (Fsp3) is 0.385. The Balaban J connectivity index is 1.69. The first-order valence-corrected chi connectivity index (χ1v) is 5.69. The highest BCUT2D eigenvalue weighted by Crippen LogP contribution is 2.28. The molecular formula is C13H16N2. The number of nitrogens with zero attached hydrogens (tertiary/aromatic N) is 2. The minimum atomic E-state index is 0.801. The number of hydrogen-bond acceptors (Lipinski definition) is 2. The maximum Gasteiger partial charge on any atom is 0.0944 e. The van der Waals surface area contributed by atoms with Crippen LogP contribution in [0, 0.1) is 0 Å². The molecule has 3 rings (SSSR count). The average molecular weight is 200 g/mol. The first-order valence-electron chi connectivity index (χ1n) is 5.69. The Labute approximate surface area is 90.8 Å². The van der Waals surface area contributed by atoms with Crippen molar-refractivity contribution in [2.24, 2.45) is 0 Å². The van der Waals surface area contributed by atoms with E-state index >= 15 is 0 Å². The van der Waals surface area contributed by atoms with Crippen molar-refractivity contribution in [2.45, 2.75) is 25.3 Å². The zero-order valence-corrected chi connectivity index (χ0v) is 8.84. The molecule has 2 heteroatoms. The largest absolute Gasteiger partial charge is 0.355 e. The molecule has 0 amide bonds. The van der Waals surface area contributed by atoms with Crippen LogP contribution >= 0.6 is 0 Å². The van der Waals surface area contributed by atoms with E-state index in [4.69, 9.17) is 0 Å². The van der Waals surface area contributed by atoms with Crippen LogP contribution in [0.4, 0.5) is 5.69 Å². The number of benzene rings is 1. The van der Waals surface area contributed by atoms with Crippen LogP contribution < -0.4 is 4.90 Å². The summed E-state index contributed by atoms with van der Waals surface area (Å²) in [7, 11) is 0. The molecule has 2 aliphatic rings. The molecule has 0 aromatic heterocycles. The molecule has 1 aliphatic heterocycles. The molecular weight excluding hydrogens is 184 g/mol. The summed E-state index contributed by atoms with van der Waals surface area (Å²) < 4.78 is 0. The van der Waals surface area contributed by atoms with E-state index in [1.807, 2.05) is 0 Å². The van der Waals surface area contributed by atoms with E-state index in [0.29, 0.717) is 0 Å². The van der Waals surface area contributed by atoms with E-state index in [1.165, 1.54) is 24.9 Å². The smallest absolute Gasteiger partial charge is 0.0944 e. The Morgan fingerprint density at radius 3 is 2.47 bits per heavy atom. The second-order valence-electron chi connectivity index (χ2n) is 4.34. The Morgan fingerprint density at radius 1 is 1.00 bits per heavy atom. The maximum atomic E-state index is 2.45. The van der Waals surface area contributed by atoms with Gasteiger partial charge in [0.1, 0.15) is 0 Å². The first kappa shape index (κ1) is 8.84. The lowest BCUT2D eigenvalue weighted by Crippen LogP contribution is -2.38. The Hall–Kier alpha value is -1.44. The minimum Gasteiger partial charge on any atom is -0.355 e. The van der Waals surface area contributed by atoms with E-state index in [0.717, 1.165) is 12.7 Å². The van der Waals surface area contributed by atoms with Gasteiger partial charge >= 0.3 is 0 Å². The zero-order chi connectivity index (χ0) is 10.1. The topological polar surface area (TPSA) is 6.48 Å². The van der Waals surface area contributed by atoms with Gasteiger partial charge in [0.05, 0.1) is 6.67 Å². The Morgan fingerprint density at radius 2 is 1.80 bits per heavy atom. The molecule has 78 valence electrons. The summed E-state index contributed by atoms with van der Waals surface area (Å²) in [6.45, 7) is 1.02. The van der Waals surface area contributed by atoms with Crippen LogP contribution in [-0.4, -0.2) is 17.6 Å². The van der Waals surface area contributed by atoms with E-state index in [2.05, 4.69) is 52.5 Å². The molecule has 1 aliphatic carbocycles. The van der Waals surface area contributed by atoms with Crippen molar-refractivity contribution in [3.05, 3.63) is 42.7 Å². The molecule has 1 saturated carbocycles. The predicted molar refractivity (Wildman–Crippen MR) is 62.4 cm³/mol. The monoisotopic (exact) mass is 200 g/mol. The summed E-state index contributed by atoms with van der Waals surface area (Å²) in [6.07, 6.45) is 8.56. The summed E-state index contributed by atoms with van der Waals surface area (Å²) >= 11 is 0. The van der Waals surface area contributed by atoms with Crippen LogP contribution in [0.1, 0.15) is 19.3 Å². The highest BCUT2D eigenvalue weighted by atomic mass is 15.4. The first-order chi connectivity index (χ1) is 7.43. The van der Waals surface area contributed by atoms with Crippen LogP contribution in [0.2, 0.25) is 0 Å². The Bertz CT molecular complexity index is 354. The molecule has 0 bridgehead atoms. The standard InChI is InChI=1S/C13H16N2/c1-2-5-12(6-3-1)14-9-10-15(11-14)13-7-4-8-13/h1-3,5-6,9-10,13H,4,7-8,11H2. The van der Waals surface area contributed by atoms with Gasteiger partial charge in [-0.05, 0) is 31.4 Å². The summed E-state index contributed by atoms with van der Waals surface area (Å²) in [6, 6.07) is 11.4. The number of para-hydroxylation sites is 1. The van der Waals surface area contributed by atoms with Crippen molar-refractivity contribution in [3.63, 3.8) is 0 Å². The third-order valence-corrected chi connectivity index (χ3v) is 3.39. The molecule has 0 radical (unpaired) electrons. The van der Waals surface area contributed by atoms with Gasteiger partial charge < -0.3 is 9.80 Å². The normalized spacial score (nSPS) is 20.8. The van der Waals surface area contributed by atoms with E-state index in [9.17, 15) is 0 Å². The number of rotatable bonds is 2. The number of hydrogen-bond donors (Lipinski definition) is 0. The molecule has 0 saturated heterocycles. The molecule has 0 N–H and O–H groups in total. The van der Waals surface area contributed by atoms with Gasteiger partial charge in [-0.25, -0.2) is 0 Å². The van der Waals surface area contributed by atoms with Crippen molar-refractivity contribution in [1.82, 2.24) is 4.90 Å². The van der Waals surface area contributed by atoms with Gasteiger partial charge in [0.2, 0.25) is 0 Å². The van der Waals surface area contributed by atoms with Crippen molar-refractivity contribution in [3.8, 4) is 0 Å². The third-order valence-electron chi connectivity index (χ3n) is 3.39. The summed E-state index contributed by atoms with van der Waals surface area (Å²) in [5, 5.41) is 0. The lowest BCUT2D eigenvalue weighted by Gasteiger charge is -2.35. The van der Waals surface area contributed by atoms with Gasteiger partial charge in [0.15, 0.2) is 0 Å². The fourth-order valence-electron chi connectivity index (χ4n) is 2.18. The molecule has 0 unspecified atom stereocenters. The zero-order valence-electron chi connectivity index (χ0n) is 8.84. The fourth-order valence-corrected chi connectivity index (χ4v) is 2.18. The maximum absolute atomic E-state index is 2.45. The molecule has 1 aromatic carbocycles. The summed E-state index contributed by atoms with van der Waals surface area (Å²) in [5.74, 6) is 0. The Kier molecular flexibility index (Phi) is 2.13. The van der Waals surface area contributed by atoms with Gasteiger partial charge in [0.25, 0.3) is 0 Å². The van der Waals surface area contributed by atoms with Gasteiger partial charge in [-0.15, -0.1) is 0 Å². The van der Waals surface area contributed by atoms with E-state index in [-0.39, 0.29) is 0 Å². The van der Waals surface area contributed by atoms with Crippen molar-refractivity contribution in [1.29, 1.82) is 0 Å². The lowest BCUT2D eigenvalue weighted by atomic mass is 9.92. The molecule has 1 heterocycles. The van der Waals surface area contributed by atoms with Crippen LogP contribution in [0.15, 0.2) is 42.7 Å². The van der Waals surface area contributed by atoms with Crippen molar-refractivity contribution >= 4 is 5.69 Å². The highest BCUT2D eigenvalue weighted by Gasteiger charge is 2.26. The second-order valence-corrected chi connectivity index (χ2v) is 4.34. The molecule has 0 spiro atoms. The molecule has 1 aromatic rings. The number of anilines is 1. The molecule has 0 atom stereocenters. The lowest BCUT2D eigenvalue weighted by molar-refractivity contribution is 0.197. The minimum absolute atomic E-state index is 0.801. The van der Waals surface area contributed by atoms with Crippen molar-refractivity contribution in [2.75, 3.05) is 11.6 Å². The molecule has 2 nitrogen and oxygen atoms in total. The second kappa shape index (κ2) is 3.61. The summed E-state index contributed by atoms with van der Waals surface area (Å²) in [4.78, 5) is 4.76. The quantitative estimate of drug-likeness (QED) is 0.724. The average Bonchev–Trinajstić information content (AvgIpc) is 2.66. The van der Waals surface area contributed by atoms with Gasteiger partial charge in [-0.3, -0.25) is 0 Å². The van der Waals surface area contributed by atoms with Crippen molar-refractivity contribution < 1.29 is 0 Å². The third kappa shape index (κ3) is 1.60. The van der Waals surface area contributed by atoms with Crippen LogP contribution in [0.5, 0.6) is 0 Å². The predicted octanol–water partition coefficient (Wildman–Crippen LogP) is 2.79. The van der Waals surface area contributed by atoms with Gasteiger partial charge in [-0.1, -0.05) is 18.2 Å². The SMILES string of the molecule is C1=CN(C2CCC2)CN1c1ccccc1. The molecule has 15 heavy (non-hydrogen) atoms. The van der Waals surface area contributed by atoms with Gasteiger partial charge in [0, 0.05) is 24.1 Å². The van der Waals surface area contributed by atoms with Crippen LogP contribution in [0.3, 0.4) is 0 Å². The van der Waals surface area contributed by atoms with Crippen LogP contribution in [0.25, 0.3) is 0 Å². The molecule has 1 fully saturated rings. The van der Waals surface area contributed by atoms with E-state index < -0.39 is 0 Å².